The summed E-state index contributed by atoms with van der Waals surface area (Å²) in [6.45, 7) is 9.08. The lowest BCUT2D eigenvalue weighted by Crippen LogP contribution is -2.52. The summed E-state index contributed by atoms with van der Waals surface area (Å²) in [5, 5.41) is 3.32. The number of nitrogens with one attached hydrogen (secondary N) is 1. The molecule has 110 valence electrons. The molecule has 3 heteroatoms. The highest BCUT2D eigenvalue weighted by Crippen LogP contribution is 2.21. The van der Waals surface area contributed by atoms with Crippen LogP contribution in [0.25, 0.3) is 0 Å². The first kappa shape index (κ1) is 15.0. The van der Waals surface area contributed by atoms with E-state index >= 15 is 0 Å². The zero-order chi connectivity index (χ0) is 14.5. The molecule has 2 rings (SSSR count). The van der Waals surface area contributed by atoms with Crippen molar-refractivity contribution in [2.24, 2.45) is 0 Å². The maximum Gasteiger partial charge on any atom is 0.223 e. The molecule has 0 aromatic heterocycles. The van der Waals surface area contributed by atoms with Crippen LogP contribution in [-0.2, 0) is 11.2 Å². The minimum atomic E-state index is 0.283. The Labute approximate surface area is 122 Å². The number of carbonyl (C=O) groups excluding carboxylic acids is 1. The lowest BCUT2D eigenvalue weighted by atomic mass is 9.95. The van der Waals surface area contributed by atoms with E-state index in [1.807, 2.05) is 4.90 Å². The summed E-state index contributed by atoms with van der Waals surface area (Å²) in [7, 11) is 0. The molecule has 20 heavy (non-hydrogen) atoms. The molecule has 0 spiro atoms. The molecule has 0 radical (unpaired) electrons. The number of benzene rings is 1. The molecule has 1 aliphatic heterocycles. The number of amides is 1. The normalized spacial score (nSPS) is 20.8. The van der Waals surface area contributed by atoms with Crippen molar-refractivity contribution in [3.05, 3.63) is 35.4 Å². The van der Waals surface area contributed by atoms with Crippen molar-refractivity contribution in [2.45, 2.75) is 45.6 Å². The van der Waals surface area contributed by atoms with E-state index in [4.69, 9.17) is 0 Å². The molecule has 1 amide bonds. The number of piperazine rings is 1. The summed E-state index contributed by atoms with van der Waals surface area (Å²) in [5.74, 6) is 0.571. The number of hydrogen-bond donors (Lipinski definition) is 1. The molecule has 0 saturated carbocycles. The van der Waals surface area contributed by atoms with Crippen molar-refractivity contribution in [2.75, 3.05) is 19.6 Å². The quantitative estimate of drug-likeness (QED) is 0.915. The topological polar surface area (TPSA) is 32.3 Å². The first-order chi connectivity index (χ1) is 9.61. The number of nitrogens with zero attached hydrogens (tertiary/aromatic N) is 1. The molecule has 1 unspecified atom stereocenters. The van der Waals surface area contributed by atoms with Crippen LogP contribution in [0.4, 0.5) is 0 Å². The molecule has 1 saturated heterocycles. The van der Waals surface area contributed by atoms with E-state index in [1.54, 1.807) is 0 Å². The third-order valence-corrected chi connectivity index (χ3v) is 4.26. The highest BCUT2D eigenvalue weighted by atomic mass is 16.2. The van der Waals surface area contributed by atoms with Gasteiger partial charge >= 0.3 is 0 Å². The molecule has 3 nitrogen and oxygen atoms in total. The summed E-state index contributed by atoms with van der Waals surface area (Å²) in [4.78, 5) is 14.4. The van der Waals surface area contributed by atoms with Crippen LogP contribution in [0.3, 0.4) is 0 Å². The summed E-state index contributed by atoms with van der Waals surface area (Å²) in [5.41, 5.74) is 2.61. The molecule has 1 heterocycles. The van der Waals surface area contributed by atoms with E-state index in [0.717, 1.165) is 26.1 Å². The number of rotatable bonds is 4. The van der Waals surface area contributed by atoms with Gasteiger partial charge in [-0.3, -0.25) is 4.79 Å². The van der Waals surface area contributed by atoms with Crippen LogP contribution in [0.2, 0.25) is 0 Å². The lowest BCUT2D eigenvalue weighted by molar-refractivity contribution is -0.134. The van der Waals surface area contributed by atoms with E-state index in [0.29, 0.717) is 12.5 Å². The fourth-order valence-corrected chi connectivity index (χ4v) is 2.79. The molecule has 1 aromatic rings. The predicted octanol–water partition coefficient (Wildman–Crippen LogP) is 2.56. The summed E-state index contributed by atoms with van der Waals surface area (Å²) in [6, 6.07) is 8.98. The molecule has 1 N–H and O–H groups in total. The Kier molecular flexibility index (Phi) is 5.18. The third kappa shape index (κ3) is 3.60. The summed E-state index contributed by atoms with van der Waals surface area (Å²) < 4.78 is 0. The van der Waals surface area contributed by atoms with Gasteiger partial charge in [-0.25, -0.2) is 0 Å². The van der Waals surface area contributed by atoms with Crippen molar-refractivity contribution in [1.29, 1.82) is 0 Å². The maximum absolute atomic E-state index is 12.4. The van der Waals surface area contributed by atoms with E-state index < -0.39 is 0 Å². The van der Waals surface area contributed by atoms with Crippen molar-refractivity contribution in [3.8, 4) is 0 Å². The highest BCUT2D eigenvalue weighted by Gasteiger charge is 2.24. The van der Waals surface area contributed by atoms with Crippen molar-refractivity contribution >= 4 is 5.91 Å². The van der Waals surface area contributed by atoms with Gasteiger partial charge in [0.2, 0.25) is 5.91 Å². The van der Waals surface area contributed by atoms with Crippen LogP contribution >= 0.6 is 0 Å². The van der Waals surface area contributed by atoms with Crippen LogP contribution in [-0.4, -0.2) is 36.5 Å². The Morgan fingerprint density at radius 1 is 1.40 bits per heavy atom. The van der Waals surface area contributed by atoms with E-state index in [9.17, 15) is 4.79 Å². The second-order valence-corrected chi connectivity index (χ2v) is 5.84. The second kappa shape index (κ2) is 6.89. The predicted molar refractivity (Wildman–Crippen MR) is 82.9 cm³/mol. The molecule has 0 aliphatic carbocycles. The monoisotopic (exact) mass is 274 g/mol. The smallest absolute Gasteiger partial charge is 0.223 e. The standard InChI is InChI=1S/C17H26N2O/c1-4-15-5-7-16(8-6-15)13(2)11-17(20)19-10-9-18-12-14(19)3/h5-8,13-14,18H,4,9-12H2,1-3H3/t13?,14-/m1/s1. The Morgan fingerprint density at radius 3 is 2.70 bits per heavy atom. The van der Waals surface area contributed by atoms with E-state index in [1.165, 1.54) is 11.1 Å². The first-order valence-corrected chi connectivity index (χ1v) is 7.70. The molecule has 2 atom stereocenters. The summed E-state index contributed by atoms with van der Waals surface area (Å²) >= 11 is 0. The van der Waals surface area contributed by atoms with Gasteiger partial charge in [0, 0.05) is 32.1 Å². The largest absolute Gasteiger partial charge is 0.337 e. The molecule has 0 bridgehead atoms. The van der Waals surface area contributed by atoms with Gasteiger partial charge in [0.25, 0.3) is 0 Å². The second-order valence-electron chi connectivity index (χ2n) is 5.84. The Morgan fingerprint density at radius 2 is 2.10 bits per heavy atom. The molecule has 1 aliphatic rings. The highest BCUT2D eigenvalue weighted by molar-refractivity contribution is 5.77. The lowest BCUT2D eigenvalue weighted by Gasteiger charge is -2.34. The van der Waals surface area contributed by atoms with Crippen LogP contribution < -0.4 is 5.32 Å². The van der Waals surface area contributed by atoms with Gasteiger partial charge in [0.15, 0.2) is 0 Å². The van der Waals surface area contributed by atoms with Crippen molar-refractivity contribution in [1.82, 2.24) is 10.2 Å². The third-order valence-electron chi connectivity index (χ3n) is 4.26. The van der Waals surface area contributed by atoms with Gasteiger partial charge in [-0.2, -0.15) is 0 Å². The average molecular weight is 274 g/mol. The van der Waals surface area contributed by atoms with E-state index in [2.05, 4.69) is 50.4 Å². The Balaban J connectivity index is 1.95. The van der Waals surface area contributed by atoms with Crippen LogP contribution in [0, 0.1) is 0 Å². The maximum atomic E-state index is 12.4. The van der Waals surface area contributed by atoms with Gasteiger partial charge in [0.1, 0.15) is 0 Å². The fourth-order valence-electron chi connectivity index (χ4n) is 2.79. The molecular weight excluding hydrogens is 248 g/mol. The summed E-state index contributed by atoms with van der Waals surface area (Å²) in [6.07, 6.45) is 1.67. The van der Waals surface area contributed by atoms with Crippen molar-refractivity contribution in [3.63, 3.8) is 0 Å². The fraction of sp³-hybridized carbons (Fsp3) is 0.588. The number of carbonyl (C=O) groups is 1. The number of aryl methyl sites for hydroxylation is 1. The number of hydrogen-bond acceptors (Lipinski definition) is 2. The Bertz CT molecular complexity index is 441. The molecule has 1 fully saturated rings. The van der Waals surface area contributed by atoms with Crippen LogP contribution in [0.15, 0.2) is 24.3 Å². The minimum Gasteiger partial charge on any atom is -0.337 e. The van der Waals surface area contributed by atoms with Gasteiger partial charge in [0.05, 0.1) is 0 Å². The van der Waals surface area contributed by atoms with Gasteiger partial charge < -0.3 is 10.2 Å². The van der Waals surface area contributed by atoms with Crippen molar-refractivity contribution < 1.29 is 4.79 Å². The Hall–Kier alpha value is -1.35. The minimum absolute atomic E-state index is 0.283. The zero-order valence-electron chi connectivity index (χ0n) is 12.9. The van der Waals surface area contributed by atoms with Gasteiger partial charge in [-0.1, -0.05) is 38.1 Å². The van der Waals surface area contributed by atoms with Crippen LogP contribution in [0.1, 0.15) is 44.2 Å². The molecule has 1 aromatic carbocycles. The van der Waals surface area contributed by atoms with E-state index in [-0.39, 0.29) is 11.8 Å². The zero-order valence-corrected chi connectivity index (χ0v) is 12.9. The average Bonchev–Trinajstić information content (AvgIpc) is 2.47. The first-order valence-electron chi connectivity index (χ1n) is 7.70. The van der Waals surface area contributed by atoms with Gasteiger partial charge in [-0.15, -0.1) is 0 Å². The SMILES string of the molecule is CCc1ccc(C(C)CC(=O)N2CCNC[C@H]2C)cc1. The van der Waals surface area contributed by atoms with Gasteiger partial charge in [-0.05, 0) is 30.4 Å². The van der Waals surface area contributed by atoms with Crippen LogP contribution in [0.5, 0.6) is 0 Å². The molecular formula is C17H26N2O.